The molecule has 5 heteroatoms. The zero-order chi connectivity index (χ0) is 19.6. The first-order valence-corrected chi connectivity index (χ1v) is 8.82. The van der Waals surface area contributed by atoms with Gasteiger partial charge in [0.25, 0.3) is 0 Å². The van der Waals surface area contributed by atoms with Crippen LogP contribution < -0.4 is 14.8 Å². The highest BCUT2D eigenvalue weighted by Crippen LogP contribution is 2.33. The van der Waals surface area contributed by atoms with Crippen LogP contribution in [0.4, 0.5) is 5.69 Å². The summed E-state index contributed by atoms with van der Waals surface area (Å²) in [7, 11) is 3.17. The van der Waals surface area contributed by atoms with Crippen molar-refractivity contribution in [3.63, 3.8) is 0 Å². The number of fused-ring (bicyclic) bond motifs is 1. The van der Waals surface area contributed by atoms with E-state index in [-0.39, 0.29) is 12.3 Å². The number of carbonyl (C=O) groups is 1. The van der Waals surface area contributed by atoms with Gasteiger partial charge in [-0.2, -0.15) is 0 Å². The normalized spacial score (nSPS) is 10.7. The van der Waals surface area contributed by atoms with E-state index in [1.165, 1.54) is 0 Å². The zero-order valence-electron chi connectivity index (χ0n) is 16.3. The van der Waals surface area contributed by atoms with Gasteiger partial charge in [0, 0.05) is 22.8 Å². The highest BCUT2D eigenvalue weighted by atomic mass is 16.5. The molecule has 27 heavy (non-hydrogen) atoms. The fourth-order valence-electron chi connectivity index (χ4n) is 3.30. The molecular formula is C22H24N2O3. The molecule has 1 amide bonds. The molecule has 1 N–H and O–H groups in total. The smallest absolute Gasteiger partial charge is 0.228 e. The molecule has 140 valence electrons. The largest absolute Gasteiger partial charge is 0.493 e. The van der Waals surface area contributed by atoms with E-state index in [1.807, 2.05) is 51.1 Å². The van der Waals surface area contributed by atoms with Crippen LogP contribution in [0.25, 0.3) is 10.9 Å². The Hall–Kier alpha value is -3.08. The Labute approximate surface area is 159 Å². The highest BCUT2D eigenvalue weighted by Gasteiger charge is 2.15. The van der Waals surface area contributed by atoms with E-state index in [9.17, 15) is 4.79 Å². The second-order valence-corrected chi connectivity index (χ2v) is 6.56. The van der Waals surface area contributed by atoms with Crippen LogP contribution >= 0.6 is 0 Å². The first-order valence-electron chi connectivity index (χ1n) is 8.82. The van der Waals surface area contributed by atoms with E-state index in [1.54, 1.807) is 20.3 Å². The van der Waals surface area contributed by atoms with E-state index >= 15 is 0 Å². The van der Waals surface area contributed by atoms with Crippen molar-refractivity contribution >= 4 is 22.5 Å². The summed E-state index contributed by atoms with van der Waals surface area (Å²) in [6.07, 6.45) is 0.267. The third-order valence-corrected chi connectivity index (χ3v) is 4.83. The molecule has 3 rings (SSSR count). The Bertz CT molecular complexity index is 1010. The molecule has 0 unspecified atom stereocenters. The Morgan fingerprint density at radius 1 is 1.04 bits per heavy atom. The number of benzene rings is 2. The number of carbonyl (C=O) groups excluding carboxylic acids is 1. The van der Waals surface area contributed by atoms with Crippen LogP contribution in [-0.2, 0) is 11.2 Å². The third-order valence-electron chi connectivity index (χ3n) is 4.83. The molecule has 0 aliphatic carbocycles. The molecule has 3 aromatic rings. The Kier molecular flexibility index (Phi) is 5.31. The average molecular weight is 364 g/mol. The maximum atomic E-state index is 12.7. The number of rotatable bonds is 5. The molecular weight excluding hydrogens is 340 g/mol. The number of anilines is 1. The number of aryl methyl sites for hydroxylation is 3. The number of hydrogen-bond acceptors (Lipinski definition) is 4. The van der Waals surface area contributed by atoms with Crippen molar-refractivity contribution in [1.29, 1.82) is 0 Å². The molecule has 0 bridgehead atoms. The molecule has 0 radical (unpaired) electrons. The minimum absolute atomic E-state index is 0.0893. The number of amides is 1. The average Bonchev–Trinajstić information content (AvgIpc) is 2.66. The van der Waals surface area contributed by atoms with Crippen LogP contribution in [0.15, 0.2) is 36.4 Å². The topological polar surface area (TPSA) is 60.5 Å². The van der Waals surface area contributed by atoms with Crippen molar-refractivity contribution in [2.45, 2.75) is 27.2 Å². The molecule has 5 nitrogen and oxygen atoms in total. The number of nitrogens with zero attached hydrogens (tertiary/aromatic N) is 1. The van der Waals surface area contributed by atoms with Gasteiger partial charge >= 0.3 is 0 Å². The molecule has 1 aromatic heterocycles. The molecule has 0 saturated carbocycles. The van der Waals surface area contributed by atoms with Gasteiger partial charge in [-0.1, -0.05) is 18.2 Å². The van der Waals surface area contributed by atoms with Crippen LogP contribution in [0.2, 0.25) is 0 Å². The van der Waals surface area contributed by atoms with Crippen molar-refractivity contribution in [2.75, 3.05) is 19.5 Å². The fraction of sp³-hybridized carbons (Fsp3) is 0.273. The van der Waals surface area contributed by atoms with Crippen molar-refractivity contribution < 1.29 is 14.3 Å². The van der Waals surface area contributed by atoms with Gasteiger partial charge < -0.3 is 14.8 Å². The summed E-state index contributed by atoms with van der Waals surface area (Å²) in [6.45, 7) is 5.91. The Morgan fingerprint density at radius 2 is 1.70 bits per heavy atom. The van der Waals surface area contributed by atoms with Gasteiger partial charge in [0.2, 0.25) is 5.91 Å². The van der Waals surface area contributed by atoms with Crippen molar-refractivity contribution in [3.8, 4) is 11.5 Å². The number of ether oxygens (including phenoxy) is 2. The van der Waals surface area contributed by atoms with Crippen LogP contribution in [0.3, 0.4) is 0 Å². The van der Waals surface area contributed by atoms with E-state index in [0.717, 1.165) is 33.3 Å². The maximum Gasteiger partial charge on any atom is 0.228 e. The van der Waals surface area contributed by atoms with Gasteiger partial charge in [-0.05, 0) is 49.6 Å². The van der Waals surface area contributed by atoms with Gasteiger partial charge in [0.05, 0.1) is 26.2 Å². The van der Waals surface area contributed by atoms with E-state index in [4.69, 9.17) is 9.47 Å². The summed E-state index contributed by atoms with van der Waals surface area (Å²) >= 11 is 0. The fourth-order valence-corrected chi connectivity index (χ4v) is 3.30. The standard InChI is InChI=1S/C22H24N2O3/c1-13-10-20(26-4)21(27-5)12-19(13)24-22(25)11-17-14(2)16-8-6-7-9-18(16)23-15(17)3/h6-10,12H,11H2,1-5H3,(H,24,25). The number of para-hydroxylation sites is 1. The number of pyridine rings is 1. The summed E-state index contributed by atoms with van der Waals surface area (Å²) in [5.74, 6) is 1.13. The third kappa shape index (κ3) is 3.72. The highest BCUT2D eigenvalue weighted by molar-refractivity contribution is 5.95. The van der Waals surface area contributed by atoms with Crippen LogP contribution in [-0.4, -0.2) is 25.1 Å². The summed E-state index contributed by atoms with van der Waals surface area (Å²) in [5, 5.41) is 4.06. The lowest BCUT2D eigenvalue weighted by atomic mass is 9.99. The van der Waals surface area contributed by atoms with Crippen LogP contribution in [0, 0.1) is 20.8 Å². The van der Waals surface area contributed by atoms with E-state index in [0.29, 0.717) is 17.2 Å². The number of methoxy groups -OCH3 is 2. The van der Waals surface area contributed by atoms with Crippen LogP contribution in [0.5, 0.6) is 11.5 Å². The molecule has 2 aromatic carbocycles. The lowest BCUT2D eigenvalue weighted by Crippen LogP contribution is -2.17. The van der Waals surface area contributed by atoms with Crippen molar-refractivity contribution in [1.82, 2.24) is 4.98 Å². The lowest BCUT2D eigenvalue weighted by Gasteiger charge is -2.15. The predicted molar refractivity (Wildman–Crippen MR) is 108 cm³/mol. The quantitative estimate of drug-likeness (QED) is 0.731. The van der Waals surface area contributed by atoms with Gasteiger partial charge in [-0.15, -0.1) is 0 Å². The number of hydrogen-bond donors (Lipinski definition) is 1. The Balaban J connectivity index is 1.88. The molecule has 0 atom stereocenters. The van der Waals surface area contributed by atoms with Gasteiger partial charge in [-0.3, -0.25) is 9.78 Å². The van der Waals surface area contributed by atoms with Gasteiger partial charge in [0.15, 0.2) is 11.5 Å². The van der Waals surface area contributed by atoms with Gasteiger partial charge in [0.1, 0.15) is 0 Å². The zero-order valence-corrected chi connectivity index (χ0v) is 16.3. The molecule has 0 aliphatic heterocycles. The van der Waals surface area contributed by atoms with Crippen molar-refractivity contribution in [3.05, 3.63) is 58.8 Å². The monoisotopic (exact) mass is 364 g/mol. The first-order chi connectivity index (χ1) is 12.9. The molecule has 0 aliphatic rings. The van der Waals surface area contributed by atoms with Gasteiger partial charge in [-0.25, -0.2) is 0 Å². The second-order valence-electron chi connectivity index (χ2n) is 6.56. The van der Waals surface area contributed by atoms with E-state index < -0.39 is 0 Å². The molecule has 0 spiro atoms. The number of nitrogens with one attached hydrogen (secondary N) is 1. The first kappa shape index (κ1) is 18.7. The lowest BCUT2D eigenvalue weighted by molar-refractivity contribution is -0.115. The molecule has 1 heterocycles. The second kappa shape index (κ2) is 7.66. The molecule has 0 saturated heterocycles. The summed E-state index contributed by atoms with van der Waals surface area (Å²) in [5.41, 5.74) is 5.51. The maximum absolute atomic E-state index is 12.7. The summed E-state index contributed by atoms with van der Waals surface area (Å²) in [4.78, 5) is 17.4. The minimum atomic E-state index is -0.0893. The SMILES string of the molecule is COc1cc(C)c(NC(=O)Cc2c(C)nc3ccccc3c2C)cc1OC. The number of aromatic nitrogens is 1. The minimum Gasteiger partial charge on any atom is -0.493 e. The predicted octanol–water partition coefficient (Wildman–Crippen LogP) is 4.36. The summed E-state index contributed by atoms with van der Waals surface area (Å²) in [6, 6.07) is 11.6. The Morgan fingerprint density at radius 3 is 2.41 bits per heavy atom. The van der Waals surface area contributed by atoms with Crippen LogP contribution in [0.1, 0.15) is 22.4 Å². The van der Waals surface area contributed by atoms with Crippen molar-refractivity contribution in [2.24, 2.45) is 0 Å². The summed E-state index contributed by atoms with van der Waals surface area (Å²) < 4.78 is 10.6. The van der Waals surface area contributed by atoms with E-state index in [2.05, 4.69) is 10.3 Å². The molecule has 0 fully saturated rings.